The number of nitrogens with zero attached hydrogens (tertiary/aromatic N) is 2. The van der Waals surface area contributed by atoms with E-state index in [4.69, 9.17) is 4.74 Å². The lowest BCUT2D eigenvalue weighted by atomic mass is 10.0. The Morgan fingerprint density at radius 2 is 2.38 bits per heavy atom. The van der Waals surface area contributed by atoms with Gasteiger partial charge in [-0.15, -0.1) is 0 Å². The van der Waals surface area contributed by atoms with Crippen molar-refractivity contribution in [3.8, 4) is 0 Å². The van der Waals surface area contributed by atoms with Gasteiger partial charge in [0.15, 0.2) is 0 Å². The highest BCUT2D eigenvalue weighted by molar-refractivity contribution is 6.36. The number of hydrogen-bond donors (Lipinski definition) is 1. The molecule has 5 heteroatoms. The van der Waals surface area contributed by atoms with Crippen molar-refractivity contribution in [3.05, 3.63) is 11.4 Å². The molecule has 0 aromatic carbocycles. The average Bonchev–Trinajstić information content (AvgIpc) is 2.55. The summed E-state index contributed by atoms with van der Waals surface area (Å²) in [5.41, 5.74) is 5.05. The Morgan fingerprint density at radius 1 is 1.62 bits per heavy atom. The molecular weight excluding hydrogens is 206 g/mol. The Balaban J connectivity index is 2.21. The summed E-state index contributed by atoms with van der Waals surface area (Å²) >= 11 is 0. The third-order valence-corrected chi connectivity index (χ3v) is 2.90. The zero-order valence-corrected chi connectivity index (χ0v) is 9.91. The predicted molar refractivity (Wildman–Crippen MR) is 60.7 cm³/mol. The second-order valence-electron chi connectivity index (χ2n) is 4.04. The number of carbonyl (C=O) groups excluding carboxylic acids is 1. The molecule has 2 aliphatic rings. The van der Waals surface area contributed by atoms with Gasteiger partial charge in [-0.3, -0.25) is 5.01 Å². The van der Waals surface area contributed by atoms with Gasteiger partial charge < -0.3 is 4.74 Å². The molecule has 0 radical (unpaired) electrons. The lowest BCUT2D eigenvalue weighted by Crippen LogP contribution is -2.32. The fourth-order valence-electron chi connectivity index (χ4n) is 2.11. The standard InChI is InChI=1S/C11H17N3O2/c1-4-16-11(15)9-6-5-8-7(2)13-14(3)10(8)12-9/h7,13H,4-6H2,1-3H3. The highest BCUT2D eigenvalue weighted by Crippen LogP contribution is 2.28. The number of aliphatic imine (C=N–C) groups is 1. The quantitative estimate of drug-likeness (QED) is 0.705. The van der Waals surface area contributed by atoms with E-state index >= 15 is 0 Å². The SMILES string of the molecule is CCOC(=O)C1=NC2=C(CC1)C(C)NN2C. The first kappa shape index (κ1) is 11.1. The van der Waals surface area contributed by atoms with Crippen LogP contribution in [-0.4, -0.2) is 36.4 Å². The summed E-state index contributed by atoms with van der Waals surface area (Å²) in [5.74, 6) is 0.587. The monoisotopic (exact) mass is 223 g/mol. The van der Waals surface area contributed by atoms with Gasteiger partial charge in [0.25, 0.3) is 0 Å². The number of hydrazine groups is 1. The van der Waals surface area contributed by atoms with Gasteiger partial charge in [-0.25, -0.2) is 15.2 Å². The van der Waals surface area contributed by atoms with Crippen molar-refractivity contribution in [2.75, 3.05) is 13.7 Å². The van der Waals surface area contributed by atoms with Crippen LogP contribution in [0.5, 0.6) is 0 Å². The van der Waals surface area contributed by atoms with Gasteiger partial charge in [-0.05, 0) is 25.8 Å². The fraction of sp³-hybridized carbons (Fsp3) is 0.636. The van der Waals surface area contributed by atoms with Crippen LogP contribution < -0.4 is 5.43 Å². The smallest absolute Gasteiger partial charge is 0.352 e. The van der Waals surface area contributed by atoms with Crippen LogP contribution in [0.25, 0.3) is 0 Å². The van der Waals surface area contributed by atoms with Gasteiger partial charge in [0.05, 0.1) is 6.61 Å². The van der Waals surface area contributed by atoms with Crippen LogP contribution in [0.2, 0.25) is 0 Å². The maximum Gasteiger partial charge on any atom is 0.352 e. The zero-order valence-electron chi connectivity index (χ0n) is 9.91. The van der Waals surface area contributed by atoms with E-state index in [9.17, 15) is 4.79 Å². The molecule has 1 N–H and O–H groups in total. The maximum absolute atomic E-state index is 11.6. The molecule has 0 amide bonds. The molecule has 0 saturated carbocycles. The molecule has 0 spiro atoms. The summed E-state index contributed by atoms with van der Waals surface area (Å²) < 4.78 is 4.96. The molecule has 0 saturated heterocycles. The number of nitrogens with one attached hydrogen (secondary N) is 1. The molecule has 1 unspecified atom stereocenters. The number of esters is 1. The van der Waals surface area contributed by atoms with Gasteiger partial charge in [-0.2, -0.15) is 0 Å². The summed E-state index contributed by atoms with van der Waals surface area (Å²) in [6.07, 6.45) is 1.56. The minimum atomic E-state index is -0.290. The highest BCUT2D eigenvalue weighted by Gasteiger charge is 2.30. The summed E-state index contributed by atoms with van der Waals surface area (Å²) in [4.78, 5) is 15.9. The first-order valence-corrected chi connectivity index (χ1v) is 5.61. The molecule has 0 aliphatic carbocycles. The van der Waals surface area contributed by atoms with E-state index in [1.54, 1.807) is 6.92 Å². The molecular formula is C11H17N3O2. The highest BCUT2D eigenvalue weighted by atomic mass is 16.5. The van der Waals surface area contributed by atoms with Crippen molar-refractivity contribution in [2.24, 2.45) is 4.99 Å². The Labute approximate surface area is 95.1 Å². The van der Waals surface area contributed by atoms with Crippen LogP contribution in [-0.2, 0) is 9.53 Å². The molecule has 0 aromatic rings. The summed E-state index contributed by atoms with van der Waals surface area (Å²) in [7, 11) is 1.91. The van der Waals surface area contributed by atoms with Crippen LogP contribution in [0.15, 0.2) is 16.4 Å². The van der Waals surface area contributed by atoms with E-state index in [1.165, 1.54) is 5.57 Å². The van der Waals surface area contributed by atoms with E-state index in [-0.39, 0.29) is 5.97 Å². The van der Waals surface area contributed by atoms with E-state index < -0.39 is 0 Å². The first-order chi connectivity index (χ1) is 7.63. The number of carbonyl (C=O) groups is 1. The third kappa shape index (κ3) is 1.82. The van der Waals surface area contributed by atoms with Gasteiger partial charge in [0.2, 0.25) is 0 Å². The van der Waals surface area contributed by atoms with Crippen molar-refractivity contribution in [1.29, 1.82) is 0 Å². The van der Waals surface area contributed by atoms with E-state index in [1.807, 2.05) is 12.1 Å². The largest absolute Gasteiger partial charge is 0.462 e. The number of hydrogen-bond acceptors (Lipinski definition) is 5. The normalized spacial score (nSPS) is 24.3. The van der Waals surface area contributed by atoms with Crippen molar-refractivity contribution < 1.29 is 9.53 Å². The zero-order chi connectivity index (χ0) is 11.7. The Kier molecular flexibility index (Phi) is 2.96. The van der Waals surface area contributed by atoms with Crippen LogP contribution in [0, 0.1) is 0 Å². The summed E-state index contributed by atoms with van der Waals surface area (Å²) in [6.45, 7) is 4.30. The van der Waals surface area contributed by atoms with Crippen LogP contribution in [0.3, 0.4) is 0 Å². The maximum atomic E-state index is 11.6. The molecule has 88 valence electrons. The second-order valence-corrected chi connectivity index (χ2v) is 4.04. The van der Waals surface area contributed by atoms with Gasteiger partial charge in [0, 0.05) is 19.5 Å². The fourth-order valence-corrected chi connectivity index (χ4v) is 2.11. The van der Waals surface area contributed by atoms with Gasteiger partial charge in [-0.1, -0.05) is 0 Å². The lowest BCUT2D eigenvalue weighted by molar-refractivity contribution is -0.135. The third-order valence-electron chi connectivity index (χ3n) is 2.90. The number of ether oxygens (including phenoxy) is 1. The van der Waals surface area contributed by atoms with E-state index in [2.05, 4.69) is 17.3 Å². The Bertz CT molecular complexity index is 373. The van der Waals surface area contributed by atoms with Gasteiger partial charge >= 0.3 is 5.97 Å². The van der Waals surface area contributed by atoms with Crippen LogP contribution in [0.1, 0.15) is 26.7 Å². The molecule has 0 aromatic heterocycles. The molecule has 0 bridgehead atoms. The molecule has 16 heavy (non-hydrogen) atoms. The molecule has 2 aliphatic heterocycles. The number of rotatable bonds is 2. The molecule has 1 atom stereocenters. The minimum Gasteiger partial charge on any atom is -0.462 e. The van der Waals surface area contributed by atoms with Crippen LogP contribution >= 0.6 is 0 Å². The first-order valence-electron chi connectivity index (χ1n) is 5.61. The summed E-state index contributed by atoms with van der Waals surface area (Å²) in [5, 5.41) is 1.87. The van der Waals surface area contributed by atoms with Gasteiger partial charge in [0.1, 0.15) is 11.5 Å². The molecule has 0 fully saturated rings. The van der Waals surface area contributed by atoms with Crippen molar-refractivity contribution >= 4 is 11.7 Å². The predicted octanol–water partition coefficient (Wildman–Crippen LogP) is 0.834. The second kappa shape index (κ2) is 4.25. The molecule has 5 nitrogen and oxygen atoms in total. The molecule has 2 rings (SSSR count). The average molecular weight is 223 g/mol. The van der Waals surface area contributed by atoms with Crippen molar-refractivity contribution in [1.82, 2.24) is 10.4 Å². The van der Waals surface area contributed by atoms with Crippen molar-refractivity contribution in [2.45, 2.75) is 32.7 Å². The van der Waals surface area contributed by atoms with E-state index in [0.29, 0.717) is 24.8 Å². The van der Waals surface area contributed by atoms with E-state index in [0.717, 1.165) is 12.2 Å². The minimum absolute atomic E-state index is 0.290. The lowest BCUT2D eigenvalue weighted by Gasteiger charge is -2.16. The molecule has 2 heterocycles. The van der Waals surface area contributed by atoms with Crippen molar-refractivity contribution in [3.63, 3.8) is 0 Å². The van der Waals surface area contributed by atoms with Crippen LogP contribution in [0.4, 0.5) is 0 Å². The summed E-state index contributed by atoms with van der Waals surface area (Å²) in [6, 6.07) is 0.312. The topological polar surface area (TPSA) is 53.9 Å². The Hall–Kier alpha value is -1.36. The Morgan fingerprint density at radius 3 is 3.06 bits per heavy atom.